The Kier molecular flexibility index (Phi) is 7.03. The summed E-state index contributed by atoms with van der Waals surface area (Å²) < 4.78 is 51.4. The molecular weight excluding hydrogens is 495 g/mol. The Hall–Kier alpha value is -3.85. The number of hydrogen-bond donors (Lipinski definition) is 2. The van der Waals surface area contributed by atoms with Crippen LogP contribution in [0.1, 0.15) is 27.2 Å². The van der Waals surface area contributed by atoms with E-state index in [2.05, 4.69) is 0 Å². The zero-order valence-electron chi connectivity index (χ0n) is 18.6. The Balaban J connectivity index is 1.71. The molecule has 0 saturated heterocycles. The van der Waals surface area contributed by atoms with E-state index >= 15 is 0 Å². The first-order valence-electron chi connectivity index (χ1n) is 10.6. The minimum absolute atomic E-state index is 0.0185. The highest BCUT2D eigenvalue weighted by Gasteiger charge is 2.50. The van der Waals surface area contributed by atoms with Gasteiger partial charge in [-0.25, -0.2) is 14.2 Å². The molecule has 4 aromatic rings. The van der Waals surface area contributed by atoms with Crippen LogP contribution in [0.4, 0.5) is 13.6 Å². The molecule has 0 saturated carbocycles. The van der Waals surface area contributed by atoms with Gasteiger partial charge in [-0.05, 0) is 29.3 Å². The standard InChI is InChI=1S/C25H20F2NO7P/c26-25(27,36(31,32)33)20-11-12-21-19(13-20)14-22(23(29)34-15-17-7-3-1-4-8-17)28(21)24(30)35-16-18-9-5-2-6-10-18/h1-14H,15-16H2,(H2,31,32,33). The number of halogens is 2. The van der Waals surface area contributed by atoms with Gasteiger partial charge in [-0.2, -0.15) is 8.78 Å². The quantitative estimate of drug-likeness (QED) is 0.250. The maximum absolute atomic E-state index is 14.3. The van der Waals surface area contributed by atoms with Crippen LogP contribution in [-0.4, -0.2) is 26.4 Å². The molecule has 186 valence electrons. The Bertz CT molecular complexity index is 1450. The fourth-order valence-corrected chi connectivity index (χ4v) is 3.97. The van der Waals surface area contributed by atoms with Crippen LogP contribution in [0.15, 0.2) is 84.9 Å². The molecule has 3 aromatic carbocycles. The van der Waals surface area contributed by atoms with E-state index in [0.29, 0.717) is 11.1 Å². The smallest absolute Gasteiger partial charge is 0.419 e. The molecule has 0 spiro atoms. The van der Waals surface area contributed by atoms with Gasteiger partial charge in [0.2, 0.25) is 0 Å². The van der Waals surface area contributed by atoms with Crippen molar-refractivity contribution < 1.29 is 42.2 Å². The van der Waals surface area contributed by atoms with Gasteiger partial charge in [-0.1, -0.05) is 66.7 Å². The van der Waals surface area contributed by atoms with Crippen molar-refractivity contribution in [2.24, 2.45) is 0 Å². The Morgan fingerprint density at radius 2 is 1.39 bits per heavy atom. The average Bonchev–Trinajstić information content (AvgIpc) is 3.25. The molecule has 0 unspecified atom stereocenters. The molecule has 0 aliphatic heterocycles. The summed E-state index contributed by atoms with van der Waals surface area (Å²) in [5.74, 6) is -0.921. The maximum atomic E-state index is 14.3. The molecule has 36 heavy (non-hydrogen) atoms. The molecule has 0 bridgehead atoms. The number of rotatable bonds is 7. The van der Waals surface area contributed by atoms with E-state index in [1.54, 1.807) is 60.7 Å². The van der Waals surface area contributed by atoms with Gasteiger partial charge in [0.15, 0.2) is 0 Å². The number of alkyl halides is 2. The molecule has 1 aromatic heterocycles. The van der Waals surface area contributed by atoms with Crippen molar-refractivity contribution in [1.82, 2.24) is 4.57 Å². The van der Waals surface area contributed by atoms with E-state index in [1.807, 2.05) is 0 Å². The third-order valence-electron chi connectivity index (χ3n) is 5.32. The van der Waals surface area contributed by atoms with Gasteiger partial charge >= 0.3 is 25.3 Å². The average molecular weight is 515 g/mol. The fraction of sp³-hybridized carbons (Fsp3) is 0.120. The van der Waals surface area contributed by atoms with Crippen LogP contribution < -0.4 is 0 Å². The Morgan fingerprint density at radius 3 is 1.94 bits per heavy atom. The Morgan fingerprint density at radius 1 is 0.833 bits per heavy atom. The second-order valence-corrected chi connectivity index (χ2v) is 9.48. The zero-order chi connectivity index (χ0) is 25.9. The SMILES string of the molecule is O=C(OCc1ccccc1)c1cc2cc(C(F)(F)P(=O)(O)O)ccc2n1C(=O)OCc1ccccc1. The molecule has 11 heteroatoms. The molecule has 1 heterocycles. The third-order valence-corrected chi connectivity index (χ3v) is 6.31. The number of benzene rings is 3. The molecule has 0 atom stereocenters. The highest BCUT2D eigenvalue weighted by atomic mass is 31.2. The molecular formula is C25H20F2NO7P. The number of carbonyl (C=O) groups is 2. The molecule has 0 radical (unpaired) electrons. The lowest BCUT2D eigenvalue weighted by molar-refractivity contribution is 0.0458. The number of carbonyl (C=O) groups excluding carboxylic acids is 2. The van der Waals surface area contributed by atoms with Gasteiger partial charge in [0.05, 0.1) is 5.52 Å². The second-order valence-electron chi connectivity index (χ2n) is 7.83. The molecule has 0 aliphatic carbocycles. The molecule has 8 nitrogen and oxygen atoms in total. The molecule has 0 amide bonds. The van der Waals surface area contributed by atoms with E-state index in [4.69, 9.17) is 19.3 Å². The van der Waals surface area contributed by atoms with Crippen LogP contribution in [0.25, 0.3) is 10.9 Å². The van der Waals surface area contributed by atoms with E-state index in [-0.39, 0.29) is 29.8 Å². The first-order chi connectivity index (χ1) is 17.1. The normalized spacial score (nSPS) is 11.9. The predicted octanol–water partition coefficient (Wildman–Crippen LogP) is 5.41. The zero-order valence-corrected chi connectivity index (χ0v) is 19.5. The maximum Gasteiger partial charge on any atom is 0.419 e. The Labute approximate surface area is 203 Å². The second kappa shape index (κ2) is 10.0. The van der Waals surface area contributed by atoms with Crippen molar-refractivity contribution in [3.05, 3.63) is 107 Å². The van der Waals surface area contributed by atoms with E-state index in [0.717, 1.165) is 28.8 Å². The number of aromatic nitrogens is 1. The summed E-state index contributed by atoms with van der Waals surface area (Å²) in [7, 11) is -5.82. The summed E-state index contributed by atoms with van der Waals surface area (Å²) >= 11 is 0. The van der Waals surface area contributed by atoms with Crippen molar-refractivity contribution in [1.29, 1.82) is 0 Å². The van der Waals surface area contributed by atoms with Gasteiger partial charge in [0, 0.05) is 10.9 Å². The van der Waals surface area contributed by atoms with E-state index in [1.165, 1.54) is 0 Å². The lowest BCUT2D eigenvalue weighted by Crippen LogP contribution is -2.20. The van der Waals surface area contributed by atoms with Gasteiger partial charge < -0.3 is 19.3 Å². The summed E-state index contributed by atoms with van der Waals surface area (Å²) in [5, 5.41) is -0.0380. The van der Waals surface area contributed by atoms with E-state index < -0.39 is 30.9 Å². The summed E-state index contributed by atoms with van der Waals surface area (Å²) in [4.78, 5) is 44.0. The number of hydrogen-bond acceptors (Lipinski definition) is 5. The van der Waals surface area contributed by atoms with Crippen LogP contribution in [0, 0.1) is 0 Å². The molecule has 4 rings (SSSR count). The monoisotopic (exact) mass is 515 g/mol. The lowest BCUT2D eigenvalue weighted by atomic mass is 10.1. The van der Waals surface area contributed by atoms with Crippen LogP contribution in [0.3, 0.4) is 0 Å². The van der Waals surface area contributed by atoms with E-state index in [9.17, 15) is 22.9 Å². The molecule has 0 fully saturated rings. The third kappa shape index (κ3) is 5.21. The first kappa shape index (κ1) is 25.2. The van der Waals surface area contributed by atoms with Gasteiger partial charge in [0.25, 0.3) is 0 Å². The number of nitrogens with zero attached hydrogens (tertiary/aromatic N) is 1. The van der Waals surface area contributed by atoms with Crippen molar-refractivity contribution in [3.63, 3.8) is 0 Å². The largest absolute Gasteiger partial charge is 0.456 e. The highest BCUT2D eigenvalue weighted by Crippen LogP contribution is 2.59. The van der Waals surface area contributed by atoms with Crippen LogP contribution in [0.2, 0.25) is 0 Å². The number of esters is 1. The minimum atomic E-state index is -5.82. The van der Waals surface area contributed by atoms with Crippen molar-refractivity contribution in [2.45, 2.75) is 18.9 Å². The van der Waals surface area contributed by atoms with Crippen LogP contribution in [0.5, 0.6) is 0 Å². The number of fused-ring (bicyclic) bond motifs is 1. The number of ether oxygens (including phenoxy) is 2. The van der Waals surface area contributed by atoms with Crippen molar-refractivity contribution >= 4 is 30.6 Å². The van der Waals surface area contributed by atoms with Crippen molar-refractivity contribution in [3.8, 4) is 0 Å². The molecule has 2 N–H and O–H groups in total. The first-order valence-corrected chi connectivity index (χ1v) is 12.2. The summed E-state index contributed by atoms with van der Waals surface area (Å²) in [6.07, 6.45) is -0.963. The fourth-order valence-electron chi connectivity index (χ4n) is 3.50. The van der Waals surface area contributed by atoms with Crippen molar-refractivity contribution in [2.75, 3.05) is 0 Å². The lowest BCUT2D eigenvalue weighted by Gasteiger charge is -2.18. The van der Waals surface area contributed by atoms with Gasteiger partial charge in [-0.3, -0.25) is 4.57 Å². The predicted molar refractivity (Wildman–Crippen MR) is 125 cm³/mol. The molecule has 0 aliphatic rings. The summed E-state index contributed by atoms with van der Waals surface area (Å²) in [5.41, 5.74) is -4.35. The summed E-state index contributed by atoms with van der Waals surface area (Å²) in [6.45, 7) is -0.228. The summed E-state index contributed by atoms with van der Waals surface area (Å²) in [6, 6.07) is 21.3. The van der Waals surface area contributed by atoms with Gasteiger partial charge in [0.1, 0.15) is 18.9 Å². The van der Waals surface area contributed by atoms with Crippen LogP contribution in [-0.2, 0) is 32.9 Å². The van der Waals surface area contributed by atoms with Crippen LogP contribution >= 0.6 is 7.60 Å². The topological polar surface area (TPSA) is 115 Å². The minimum Gasteiger partial charge on any atom is -0.456 e. The van der Waals surface area contributed by atoms with Gasteiger partial charge in [-0.15, -0.1) is 0 Å². The highest BCUT2D eigenvalue weighted by molar-refractivity contribution is 7.52.